The number of unbranched alkanes of at least 4 members (excludes halogenated alkanes) is 2. The third-order valence-electron chi connectivity index (χ3n) is 2.86. The first-order valence-electron chi connectivity index (χ1n) is 6.43. The Hall–Kier alpha value is -1.46. The number of ether oxygens (including phenoxy) is 1. The molecule has 0 heterocycles. The highest BCUT2D eigenvalue weighted by molar-refractivity contribution is 5.92. The molecule has 4 nitrogen and oxygen atoms in total. The highest BCUT2D eigenvalue weighted by atomic mass is 19.1. The molecule has 0 bridgehead atoms. The van der Waals surface area contributed by atoms with Crippen LogP contribution in [0.1, 0.15) is 35.2 Å². The van der Waals surface area contributed by atoms with Crippen molar-refractivity contribution in [3.05, 3.63) is 35.1 Å². The lowest BCUT2D eigenvalue weighted by atomic mass is 10.1. The molecular formula is C14H21FN2O2. The highest BCUT2D eigenvalue weighted by Gasteiger charge is 2.06. The fourth-order valence-corrected chi connectivity index (χ4v) is 1.74. The maximum Gasteiger partial charge on any atom is 0.248 e. The summed E-state index contributed by atoms with van der Waals surface area (Å²) in [6.45, 7) is 2.07. The lowest BCUT2D eigenvalue weighted by Gasteiger charge is -2.07. The van der Waals surface area contributed by atoms with Gasteiger partial charge in [-0.25, -0.2) is 4.39 Å². The van der Waals surface area contributed by atoms with Gasteiger partial charge in [-0.05, 0) is 37.9 Å². The number of carbonyl (C=O) groups excluding carboxylic acids is 1. The topological polar surface area (TPSA) is 64.3 Å². The van der Waals surface area contributed by atoms with Crippen LogP contribution < -0.4 is 11.1 Å². The molecule has 0 aliphatic heterocycles. The van der Waals surface area contributed by atoms with Crippen molar-refractivity contribution < 1.29 is 13.9 Å². The van der Waals surface area contributed by atoms with Crippen LogP contribution in [-0.2, 0) is 11.3 Å². The second kappa shape index (κ2) is 8.61. The molecule has 0 fully saturated rings. The predicted molar refractivity (Wildman–Crippen MR) is 72.4 cm³/mol. The maximum atomic E-state index is 13.6. The number of primary amides is 1. The molecule has 0 atom stereocenters. The van der Waals surface area contributed by atoms with E-state index in [9.17, 15) is 9.18 Å². The van der Waals surface area contributed by atoms with Crippen LogP contribution in [0.3, 0.4) is 0 Å². The van der Waals surface area contributed by atoms with E-state index in [1.165, 1.54) is 6.07 Å². The number of carbonyl (C=O) groups is 1. The molecule has 1 aromatic carbocycles. The van der Waals surface area contributed by atoms with Gasteiger partial charge in [0.1, 0.15) is 5.82 Å². The molecular weight excluding hydrogens is 247 g/mol. The number of amides is 1. The average molecular weight is 268 g/mol. The van der Waals surface area contributed by atoms with Crippen molar-refractivity contribution in [1.82, 2.24) is 5.32 Å². The van der Waals surface area contributed by atoms with E-state index in [1.54, 1.807) is 19.2 Å². The largest absolute Gasteiger partial charge is 0.385 e. The zero-order valence-corrected chi connectivity index (χ0v) is 11.2. The van der Waals surface area contributed by atoms with Gasteiger partial charge in [-0.3, -0.25) is 4.79 Å². The van der Waals surface area contributed by atoms with E-state index < -0.39 is 11.7 Å². The van der Waals surface area contributed by atoms with Crippen LogP contribution in [-0.4, -0.2) is 26.2 Å². The Bertz CT molecular complexity index is 410. The molecule has 0 aliphatic carbocycles. The normalized spacial score (nSPS) is 10.6. The summed E-state index contributed by atoms with van der Waals surface area (Å²) in [5.41, 5.74) is 5.82. The SMILES string of the molecule is COCCCCCNCc1ccc(C(N)=O)cc1F. The smallest absolute Gasteiger partial charge is 0.248 e. The van der Waals surface area contributed by atoms with Crippen LogP contribution in [0, 0.1) is 5.82 Å². The molecule has 106 valence electrons. The Morgan fingerprint density at radius 2 is 2.16 bits per heavy atom. The molecule has 0 saturated carbocycles. The number of nitrogens with one attached hydrogen (secondary N) is 1. The zero-order chi connectivity index (χ0) is 14.1. The molecule has 0 spiro atoms. The van der Waals surface area contributed by atoms with Crippen molar-refractivity contribution in [2.24, 2.45) is 5.73 Å². The molecule has 1 rings (SSSR count). The van der Waals surface area contributed by atoms with Crippen LogP contribution >= 0.6 is 0 Å². The monoisotopic (exact) mass is 268 g/mol. The van der Waals surface area contributed by atoms with E-state index in [0.29, 0.717) is 12.1 Å². The fraction of sp³-hybridized carbons (Fsp3) is 0.500. The molecule has 5 heteroatoms. The van der Waals surface area contributed by atoms with Gasteiger partial charge in [0.15, 0.2) is 0 Å². The molecule has 19 heavy (non-hydrogen) atoms. The Morgan fingerprint density at radius 1 is 1.37 bits per heavy atom. The lowest BCUT2D eigenvalue weighted by molar-refractivity contribution is 0.1000. The van der Waals surface area contributed by atoms with E-state index in [4.69, 9.17) is 10.5 Å². The van der Waals surface area contributed by atoms with Crippen molar-refractivity contribution >= 4 is 5.91 Å². The zero-order valence-electron chi connectivity index (χ0n) is 11.2. The summed E-state index contributed by atoms with van der Waals surface area (Å²) in [5.74, 6) is -1.01. The summed E-state index contributed by atoms with van der Waals surface area (Å²) < 4.78 is 18.6. The molecule has 3 N–H and O–H groups in total. The van der Waals surface area contributed by atoms with Crippen molar-refractivity contribution in [2.45, 2.75) is 25.8 Å². The standard InChI is InChI=1S/C14H21FN2O2/c1-19-8-4-2-3-7-17-10-12-6-5-11(14(16)18)9-13(12)15/h5-6,9,17H,2-4,7-8,10H2,1H3,(H2,16,18). The number of hydrogen-bond acceptors (Lipinski definition) is 3. The van der Waals surface area contributed by atoms with Gasteiger partial charge in [-0.1, -0.05) is 6.07 Å². The van der Waals surface area contributed by atoms with Crippen LogP contribution in [0.5, 0.6) is 0 Å². The minimum absolute atomic E-state index is 0.195. The van der Waals surface area contributed by atoms with Gasteiger partial charge in [-0.2, -0.15) is 0 Å². The molecule has 0 radical (unpaired) electrons. The van der Waals surface area contributed by atoms with Gasteiger partial charge >= 0.3 is 0 Å². The summed E-state index contributed by atoms with van der Waals surface area (Å²) in [6, 6.07) is 4.31. The first kappa shape index (κ1) is 15.6. The number of methoxy groups -OCH3 is 1. The number of rotatable bonds is 9. The fourth-order valence-electron chi connectivity index (χ4n) is 1.74. The van der Waals surface area contributed by atoms with Gasteiger partial charge in [0.05, 0.1) is 0 Å². The Morgan fingerprint density at radius 3 is 2.79 bits per heavy atom. The van der Waals surface area contributed by atoms with E-state index in [1.807, 2.05) is 0 Å². The van der Waals surface area contributed by atoms with Gasteiger partial charge in [0.25, 0.3) is 0 Å². The molecule has 0 saturated heterocycles. The lowest BCUT2D eigenvalue weighted by Crippen LogP contribution is -2.17. The van der Waals surface area contributed by atoms with Crippen molar-refractivity contribution in [3.63, 3.8) is 0 Å². The van der Waals surface area contributed by atoms with Crippen molar-refractivity contribution in [1.29, 1.82) is 0 Å². The third kappa shape index (κ3) is 5.81. The van der Waals surface area contributed by atoms with Gasteiger partial charge in [0, 0.05) is 31.4 Å². The Balaban J connectivity index is 2.28. The summed E-state index contributed by atoms with van der Waals surface area (Å²) >= 11 is 0. The van der Waals surface area contributed by atoms with Gasteiger partial charge in [0.2, 0.25) is 5.91 Å². The molecule has 0 unspecified atom stereocenters. The number of nitrogens with two attached hydrogens (primary N) is 1. The third-order valence-corrected chi connectivity index (χ3v) is 2.86. The van der Waals surface area contributed by atoms with Crippen LogP contribution in [0.2, 0.25) is 0 Å². The highest BCUT2D eigenvalue weighted by Crippen LogP contribution is 2.10. The van der Waals surface area contributed by atoms with E-state index in [0.717, 1.165) is 32.4 Å². The second-order valence-corrected chi connectivity index (χ2v) is 4.40. The van der Waals surface area contributed by atoms with Crippen LogP contribution in [0.25, 0.3) is 0 Å². The summed E-state index contributed by atoms with van der Waals surface area (Å²) in [4.78, 5) is 10.9. The first-order chi connectivity index (χ1) is 9.15. The quantitative estimate of drug-likeness (QED) is 0.672. The van der Waals surface area contributed by atoms with E-state index in [2.05, 4.69) is 5.32 Å². The molecule has 1 aromatic rings. The maximum absolute atomic E-state index is 13.6. The molecule has 0 aromatic heterocycles. The number of hydrogen-bond donors (Lipinski definition) is 2. The Kier molecular flexibility index (Phi) is 7.07. The summed E-state index contributed by atoms with van der Waals surface area (Å²) in [7, 11) is 1.69. The van der Waals surface area contributed by atoms with Crippen LogP contribution in [0.15, 0.2) is 18.2 Å². The first-order valence-corrected chi connectivity index (χ1v) is 6.43. The molecule has 0 aliphatic rings. The minimum Gasteiger partial charge on any atom is -0.385 e. The van der Waals surface area contributed by atoms with Crippen molar-refractivity contribution in [2.75, 3.05) is 20.3 Å². The second-order valence-electron chi connectivity index (χ2n) is 4.40. The van der Waals surface area contributed by atoms with Crippen molar-refractivity contribution in [3.8, 4) is 0 Å². The summed E-state index contributed by atoms with van der Waals surface area (Å²) in [6.07, 6.45) is 3.16. The van der Waals surface area contributed by atoms with E-state index >= 15 is 0 Å². The number of benzene rings is 1. The van der Waals surface area contributed by atoms with Crippen LogP contribution in [0.4, 0.5) is 4.39 Å². The average Bonchev–Trinajstić information content (AvgIpc) is 2.39. The van der Waals surface area contributed by atoms with E-state index in [-0.39, 0.29) is 5.56 Å². The molecule has 1 amide bonds. The summed E-state index contributed by atoms with van der Waals surface area (Å²) in [5, 5.41) is 3.17. The number of halogens is 1. The Labute approximate surface area is 113 Å². The van der Waals surface area contributed by atoms with Gasteiger partial charge in [-0.15, -0.1) is 0 Å². The minimum atomic E-state index is -0.614. The predicted octanol–water partition coefficient (Wildman–Crippen LogP) is 1.83. The van der Waals surface area contributed by atoms with Gasteiger partial charge < -0.3 is 15.8 Å².